The van der Waals surface area contributed by atoms with E-state index >= 15 is 0 Å². The summed E-state index contributed by atoms with van der Waals surface area (Å²) in [5.41, 5.74) is 1.62. The molecule has 0 fully saturated rings. The fraction of sp³-hybridized carbons (Fsp3) is 0.208. The Hall–Kier alpha value is -3.52. The van der Waals surface area contributed by atoms with Crippen molar-refractivity contribution < 1.29 is 18.7 Å². The Morgan fingerprint density at radius 3 is 2.75 bits per heavy atom. The highest BCUT2D eigenvalue weighted by molar-refractivity contribution is 7.07. The first kappa shape index (κ1) is 21.7. The summed E-state index contributed by atoms with van der Waals surface area (Å²) in [4.78, 5) is 31.4. The van der Waals surface area contributed by atoms with E-state index in [9.17, 15) is 14.0 Å². The van der Waals surface area contributed by atoms with Gasteiger partial charge in [0.2, 0.25) is 0 Å². The number of para-hydroxylation sites is 1. The monoisotopic (exact) mass is 452 g/mol. The first-order valence-corrected chi connectivity index (χ1v) is 10.8. The molecule has 3 aromatic rings. The number of ether oxygens (including phenoxy) is 2. The van der Waals surface area contributed by atoms with Crippen LogP contribution in [-0.4, -0.2) is 24.3 Å². The van der Waals surface area contributed by atoms with Gasteiger partial charge in [-0.05, 0) is 43.7 Å². The number of thiazole rings is 1. The van der Waals surface area contributed by atoms with Crippen LogP contribution in [0.4, 0.5) is 4.39 Å². The molecule has 8 heteroatoms. The summed E-state index contributed by atoms with van der Waals surface area (Å²) in [5.74, 6) is -0.392. The normalized spacial score (nSPS) is 15.9. The molecular weight excluding hydrogens is 431 g/mol. The first-order valence-electron chi connectivity index (χ1n) is 10.0. The Morgan fingerprint density at radius 2 is 2.03 bits per heavy atom. The molecule has 4 rings (SSSR count). The minimum atomic E-state index is -0.767. The number of nitrogens with zero attached hydrogens (tertiary/aromatic N) is 2. The number of hydrogen-bond acceptors (Lipinski definition) is 6. The molecule has 1 aliphatic heterocycles. The van der Waals surface area contributed by atoms with Gasteiger partial charge in [-0.2, -0.15) is 0 Å². The number of hydrogen-bond donors (Lipinski definition) is 0. The second-order valence-corrected chi connectivity index (χ2v) is 8.11. The van der Waals surface area contributed by atoms with Crippen LogP contribution in [0, 0.1) is 5.82 Å². The van der Waals surface area contributed by atoms with Crippen LogP contribution in [0.1, 0.15) is 31.0 Å². The number of aromatic nitrogens is 1. The van der Waals surface area contributed by atoms with E-state index in [-0.39, 0.29) is 23.6 Å². The lowest BCUT2D eigenvalue weighted by Crippen LogP contribution is -2.40. The van der Waals surface area contributed by atoms with Crippen LogP contribution in [0.2, 0.25) is 0 Å². The number of fused-ring (bicyclic) bond motifs is 1. The van der Waals surface area contributed by atoms with Gasteiger partial charge in [-0.1, -0.05) is 41.7 Å². The molecule has 1 aliphatic rings. The molecule has 0 saturated carbocycles. The van der Waals surface area contributed by atoms with E-state index in [2.05, 4.69) is 4.99 Å². The van der Waals surface area contributed by atoms with Crippen LogP contribution in [0.3, 0.4) is 0 Å². The minimum absolute atomic E-state index is 0.193. The minimum Gasteiger partial charge on any atom is -0.496 e. The van der Waals surface area contributed by atoms with Gasteiger partial charge in [0.15, 0.2) is 4.80 Å². The molecule has 0 amide bonds. The van der Waals surface area contributed by atoms with Gasteiger partial charge in [0.25, 0.3) is 5.56 Å². The Kier molecular flexibility index (Phi) is 6.05. The number of rotatable bonds is 5. The molecule has 0 radical (unpaired) electrons. The van der Waals surface area contributed by atoms with Crippen molar-refractivity contribution in [1.82, 2.24) is 4.57 Å². The van der Waals surface area contributed by atoms with Crippen molar-refractivity contribution >= 4 is 23.4 Å². The molecule has 0 saturated heterocycles. The molecule has 0 N–H and O–H groups in total. The molecule has 0 spiro atoms. The van der Waals surface area contributed by atoms with Gasteiger partial charge in [0.05, 0.1) is 29.5 Å². The lowest BCUT2D eigenvalue weighted by molar-refractivity contribution is -0.139. The number of carbonyl (C=O) groups excluding carboxylic acids is 1. The lowest BCUT2D eigenvalue weighted by atomic mass is 9.95. The summed E-state index contributed by atoms with van der Waals surface area (Å²) in [5, 5.41) is 0. The second-order valence-electron chi connectivity index (χ2n) is 7.10. The second kappa shape index (κ2) is 8.92. The van der Waals surface area contributed by atoms with E-state index in [4.69, 9.17) is 9.47 Å². The van der Waals surface area contributed by atoms with Crippen molar-refractivity contribution in [2.45, 2.75) is 19.9 Å². The molecule has 0 bridgehead atoms. The van der Waals surface area contributed by atoms with E-state index in [1.54, 1.807) is 38.1 Å². The largest absolute Gasteiger partial charge is 0.496 e. The average Bonchev–Trinajstić information content (AvgIpc) is 3.07. The SMILES string of the molecule is CCOC(=O)C1=C(C)N=c2s/c(=C\c3cccc(F)c3)c(=O)n2[C@@H]1c1ccccc1OC. The molecule has 2 heterocycles. The van der Waals surface area contributed by atoms with Crippen LogP contribution in [-0.2, 0) is 9.53 Å². The fourth-order valence-electron chi connectivity index (χ4n) is 3.73. The highest BCUT2D eigenvalue weighted by atomic mass is 32.1. The number of carbonyl (C=O) groups is 1. The van der Waals surface area contributed by atoms with Crippen molar-refractivity contribution in [2.24, 2.45) is 4.99 Å². The van der Waals surface area contributed by atoms with Gasteiger partial charge in [0.1, 0.15) is 17.6 Å². The van der Waals surface area contributed by atoms with E-state index in [1.807, 2.05) is 18.2 Å². The van der Waals surface area contributed by atoms with Crippen molar-refractivity contribution in [2.75, 3.05) is 13.7 Å². The van der Waals surface area contributed by atoms with Crippen LogP contribution in [0.25, 0.3) is 6.08 Å². The van der Waals surface area contributed by atoms with Crippen molar-refractivity contribution in [3.05, 3.63) is 96.4 Å². The quantitative estimate of drug-likeness (QED) is 0.558. The van der Waals surface area contributed by atoms with E-state index in [0.717, 1.165) is 0 Å². The predicted molar refractivity (Wildman–Crippen MR) is 120 cm³/mol. The highest BCUT2D eigenvalue weighted by Crippen LogP contribution is 2.35. The van der Waals surface area contributed by atoms with Gasteiger partial charge in [0, 0.05) is 5.56 Å². The van der Waals surface area contributed by atoms with E-state index < -0.39 is 12.0 Å². The highest BCUT2D eigenvalue weighted by Gasteiger charge is 2.34. The number of benzene rings is 2. The molecule has 0 unspecified atom stereocenters. The Balaban J connectivity index is 2.00. The maximum Gasteiger partial charge on any atom is 0.338 e. The summed E-state index contributed by atoms with van der Waals surface area (Å²) in [7, 11) is 1.53. The topological polar surface area (TPSA) is 69.9 Å². The summed E-state index contributed by atoms with van der Waals surface area (Å²) in [6.07, 6.45) is 1.62. The molecule has 2 aromatic carbocycles. The van der Waals surface area contributed by atoms with Crippen LogP contribution in [0.5, 0.6) is 5.75 Å². The zero-order chi connectivity index (χ0) is 22.8. The van der Waals surface area contributed by atoms with Crippen molar-refractivity contribution in [1.29, 1.82) is 0 Å². The maximum absolute atomic E-state index is 13.6. The number of halogens is 1. The lowest BCUT2D eigenvalue weighted by Gasteiger charge is -2.25. The Morgan fingerprint density at radius 1 is 1.25 bits per heavy atom. The smallest absolute Gasteiger partial charge is 0.338 e. The van der Waals surface area contributed by atoms with Gasteiger partial charge in [-0.25, -0.2) is 14.2 Å². The third-order valence-corrected chi connectivity index (χ3v) is 6.08. The zero-order valence-corrected chi connectivity index (χ0v) is 18.6. The number of methoxy groups -OCH3 is 1. The Labute approximate surface area is 187 Å². The molecule has 1 atom stereocenters. The van der Waals surface area contributed by atoms with E-state index in [0.29, 0.717) is 31.9 Å². The van der Waals surface area contributed by atoms with Crippen LogP contribution < -0.4 is 19.6 Å². The summed E-state index contributed by atoms with van der Waals surface area (Å²) in [6, 6.07) is 12.4. The molecule has 0 aliphatic carbocycles. The summed E-state index contributed by atoms with van der Waals surface area (Å²) >= 11 is 1.18. The third kappa shape index (κ3) is 3.89. The van der Waals surface area contributed by atoms with Gasteiger partial charge in [-0.15, -0.1) is 0 Å². The zero-order valence-electron chi connectivity index (χ0n) is 17.8. The number of esters is 1. The van der Waals surface area contributed by atoms with E-state index in [1.165, 1.54) is 35.1 Å². The van der Waals surface area contributed by atoms with Crippen molar-refractivity contribution in [3.8, 4) is 5.75 Å². The fourth-order valence-corrected chi connectivity index (χ4v) is 4.77. The molecule has 164 valence electrons. The predicted octanol–water partition coefficient (Wildman–Crippen LogP) is 2.95. The first-order chi connectivity index (χ1) is 15.4. The van der Waals surface area contributed by atoms with Crippen LogP contribution in [0.15, 0.2) is 69.6 Å². The summed E-state index contributed by atoms with van der Waals surface area (Å²) in [6.45, 7) is 3.64. The summed E-state index contributed by atoms with van der Waals surface area (Å²) < 4.78 is 26.3. The number of allylic oxidation sites excluding steroid dienone is 1. The van der Waals surface area contributed by atoms with Crippen molar-refractivity contribution in [3.63, 3.8) is 0 Å². The Bertz CT molecular complexity index is 1400. The third-order valence-electron chi connectivity index (χ3n) is 5.10. The standard InChI is InChI=1S/C24H21FN2O4S/c1-4-31-23(29)20-14(2)26-24-27(21(20)17-10-5-6-11-18(17)30-3)22(28)19(32-24)13-15-8-7-9-16(25)12-15/h5-13,21H,4H2,1-3H3/b19-13-/t21-/m1/s1. The molecule has 32 heavy (non-hydrogen) atoms. The van der Waals surface area contributed by atoms with Gasteiger partial charge >= 0.3 is 5.97 Å². The van der Waals surface area contributed by atoms with Crippen LogP contribution >= 0.6 is 11.3 Å². The van der Waals surface area contributed by atoms with Gasteiger partial charge in [-0.3, -0.25) is 9.36 Å². The molecule has 1 aromatic heterocycles. The molecule has 6 nitrogen and oxygen atoms in total. The van der Waals surface area contributed by atoms with Gasteiger partial charge < -0.3 is 9.47 Å². The average molecular weight is 453 g/mol. The maximum atomic E-state index is 13.6. The molecular formula is C24H21FN2O4S.